The molecule has 3 aromatic rings. The highest BCUT2D eigenvalue weighted by Gasteiger charge is 2.07. The molecule has 1 aromatic carbocycles. The molecule has 0 aliphatic rings. The molecule has 3 rings (SSSR count). The Morgan fingerprint density at radius 2 is 1.36 bits per heavy atom. The molecular weight excluding hydrogens is 180 g/mol. The summed E-state index contributed by atoms with van der Waals surface area (Å²) < 4.78 is 0. The maximum Gasteiger partial charge on any atom is 0.312 e. The average molecular weight is 186 g/mol. The van der Waals surface area contributed by atoms with Crippen LogP contribution in [0.2, 0.25) is 0 Å². The monoisotopic (exact) mass is 186 g/mol. The van der Waals surface area contributed by atoms with Gasteiger partial charge in [-0.2, -0.15) is 0 Å². The molecule has 2 aromatic heterocycles. The fourth-order valence-electron chi connectivity index (χ4n) is 1.35. The number of nitrogens with zero attached hydrogens (tertiary/aromatic N) is 4. The van der Waals surface area contributed by atoms with E-state index in [9.17, 15) is 0 Å². The fourth-order valence-corrected chi connectivity index (χ4v) is 1.35. The number of benzene rings is 1. The first-order valence-electron chi connectivity index (χ1n) is 4.10. The zero-order valence-corrected chi connectivity index (χ0v) is 7.10. The Kier molecular flexibility index (Phi) is 1.35. The van der Waals surface area contributed by atoms with E-state index in [0.717, 1.165) is 22.1 Å². The third-order valence-electron chi connectivity index (χ3n) is 2.00. The van der Waals surface area contributed by atoms with Crippen LogP contribution in [0.15, 0.2) is 24.8 Å². The second kappa shape index (κ2) is 2.63. The van der Waals surface area contributed by atoms with Crippen molar-refractivity contribution in [1.82, 2.24) is 20.4 Å². The molecule has 2 N–H and O–H groups in total. The standard InChI is InChI=1S/C8H4N6/c1-5-7(13-11-3-9-5)2-8-6(1)10-4-12-14-8/h1-4H/p+2. The molecule has 0 aliphatic heterocycles. The smallest absolute Gasteiger partial charge is 0.240 e. The van der Waals surface area contributed by atoms with E-state index in [0.29, 0.717) is 0 Å². The molecule has 6 heteroatoms. The van der Waals surface area contributed by atoms with Crippen LogP contribution in [0.1, 0.15) is 0 Å². The minimum atomic E-state index is 0.772. The maximum atomic E-state index is 3.97. The lowest BCUT2D eigenvalue weighted by molar-refractivity contribution is -0.356. The van der Waals surface area contributed by atoms with Crippen LogP contribution in [-0.2, 0) is 0 Å². The molecule has 0 saturated heterocycles. The van der Waals surface area contributed by atoms with E-state index in [2.05, 4.69) is 30.4 Å². The van der Waals surface area contributed by atoms with Crippen molar-refractivity contribution in [2.24, 2.45) is 0 Å². The van der Waals surface area contributed by atoms with Crippen molar-refractivity contribution >= 4 is 22.1 Å². The first-order valence-corrected chi connectivity index (χ1v) is 4.10. The predicted octanol–water partition coefficient (Wildman–Crippen LogP) is -0.799. The normalized spacial score (nSPS) is 10.9. The van der Waals surface area contributed by atoms with Crippen molar-refractivity contribution in [2.45, 2.75) is 0 Å². The molecule has 0 aliphatic carbocycles. The maximum absolute atomic E-state index is 3.97. The van der Waals surface area contributed by atoms with E-state index in [1.54, 1.807) is 12.7 Å². The molecule has 0 spiro atoms. The number of H-pyrrole nitrogens is 2. The quantitative estimate of drug-likeness (QED) is 0.430. The summed E-state index contributed by atoms with van der Waals surface area (Å²) in [5.41, 5.74) is 3.37. The molecule has 0 atom stereocenters. The largest absolute Gasteiger partial charge is 0.312 e. The van der Waals surface area contributed by atoms with E-state index in [4.69, 9.17) is 0 Å². The number of rotatable bonds is 0. The highest BCUT2D eigenvalue weighted by Crippen LogP contribution is 2.10. The van der Waals surface area contributed by atoms with Gasteiger partial charge in [-0.3, -0.25) is 0 Å². The van der Waals surface area contributed by atoms with Crippen LogP contribution < -0.4 is 9.97 Å². The summed E-state index contributed by atoms with van der Waals surface area (Å²) in [6, 6.07) is 3.76. The van der Waals surface area contributed by atoms with Gasteiger partial charge in [0.25, 0.3) is 0 Å². The van der Waals surface area contributed by atoms with Crippen molar-refractivity contribution in [3.63, 3.8) is 0 Å². The van der Waals surface area contributed by atoms with Gasteiger partial charge in [-0.05, 0) is 10.2 Å². The van der Waals surface area contributed by atoms with Gasteiger partial charge in [-0.25, -0.2) is 9.97 Å². The molecular formula is C8H6N6+2. The van der Waals surface area contributed by atoms with Crippen LogP contribution in [0, 0.1) is 0 Å². The van der Waals surface area contributed by atoms with Crippen LogP contribution in [-0.4, -0.2) is 20.4 Å². The minimum Gasteiger partial charge on any atom is -0.240 e. The number of hydrogen-bond acceptors (Lipinski definition) is 4. The van der Waals surface area contributed by atoms with Crippen LogP contribution in [0.5, 0.6) is 0 Å². The lowest BCUT2D eigenvalue weighted by Gasteiger charge is -1.89. The zero-order chi connectivity index (χ0) is 9.38. The van der Waals surface area contributed by atoms with Gasteiger partial charge in [0.05, 0.1) is 10.2 Å². The molecule has 2 heterocycles. The summed E-state index contributed by atoms with van der Waals surface area (Å²) in [4.78, 5) is 6.00. The number of aromatic amines is 2. The topological polar surface area (TPSA) is 79.8 Å². The fraction of sp³-hybridized carbons (Fsp3) is 0. The number of hydrogen-bond donors (Lipinski definition) is 0. The van der Waals surface area contributed by atoms with Gasteiger partial charge in [-0.1, -0.05) is 0 Å². The van der Waals surface area contributed by atoms with Crippen molar-refractivity contribution in [3.05, 3.63) is 24.8 Å². The molecule has 0 amide bonds. The Bertz CT molecular complexity index is 503. The van der Waals surface area contributed by atoms with Crippen LogP contribution in [0.3, 0.4) is 0 Å². The van der Waals surface area contributed by atoms with Crippen LogP contribution in [0.4, 0.5) is 0 Å². The molecule has 66 valence electrons. The molecule has 6 nitrogen and oxygen atoms in total. The lowest BCUT2D eigenvalue weighted by Crippen LogP contribution is -2.10. The van der Waals surface area contributed by atoms with E-state index in [1.165, 1.54) is 0 Å². The van der Waals surface area contributed by atoms with E-state index in [1.807, 2.05) is 12.1 Å². The lowest BCUT2D eigenvalue weighted by atomic mass is 10.2. The Morgan fingerprint density at radius 1 is 0.786 bits per heavy atom. The second-order valence-corrected chi connectivity index (χ2v) is 2.86. The van der Waals surface area contributed by atoms with Crippen molar-refractivity contribution in [3.8, 4) is 0 Å². The van der Waals surface area contributed by atoms with Gasteiger partial charge in [0, 0.05) is 12.1 Å². The van der Waals surface area contributed by atoms with Crippen molar-refractivity contribution < 1.29 is 9.97 Å². The molecule has 14 heavy (non-hydrogen) atoms. The summed E-state index contributed by atoms with van der Waals surface area (Å²) in [5, 5.41) is 15.4. The molecule has 0 fully saturated rings. The van der Waals surface area contributed by atoms with Gasteiger partial charge in [0.2, 0.25) is 0 Å². The molecule has 0 unspecified atom stereocenters. The van der Waals surface area contributed by atoms with Gasteiger partial charge < -0.3 is 0 Å². The summed E-state index contributed by atoms with van der Waals surface area (Å²) in [5.74, 6) is 0. The highest BCUT2D eigenvalue weighted by molar-refractivity contribution is 5.86. The van der Waals surface area contributed by atoms with Crippen molar-refractivity contribution in [2.75, 3.05) is 0 Å². The summed E-state index contributed by atoms with van der Waals surface area (Å²) in [6.07, 6.45) is 3.09. The summed E-state index contributed by atoms with van der Waals surface area (Å²) >= 11 is 0. The highest BCUT2D eigenvalue weighted by atomic mass is 15.1. The minimum absolute atomic E-state index is 0.772. The van der Waals surface area contributed by atoms with E-state index >= 15 is 0 Å². The van der Waals surface area contributed by atoms with Gasteiger partial charge >= 0.3 is 12.7 Å². The third kappa shape index (κ3) is 0.972. The van der Waals surface area contributed by atoms with Crippen LogP contribution >= 0.6 is 0 Å². The Labute approximate surface area is 78.0 Å². The first-order chi connectivity index (χ1) is 6.93. The average Bonchev–Trinajstić information content (AvgIpc) is 2.26. The summed E-state index contributed by atoms with van der Waals surface area (Å²) in [7, 11) is 0. The molecule has 0 saturated carbocycles. The Morgan fingerprint density at radius 3 is 1.93 bits per heavy atom. The van der Waals surface area contributed by atoms with Gasteiger partial charge in [0.15, 0.2) is 22.1 Å². The van der Waals surface area contributed by atoms with E-state index < -0.39 is 0 Å². The number of aromatic nitrogens is 6. The van der Waals surface area contributed by atoms with Crippen LogP contribution in [0.25, 0.3) is 22.1 Å². The first kappa shape index (κ1) is 7.19. The SMILES string of the molecule is c1nnc2cc3nnc[nH+]c3cc2[nH+]1. The second-order valence-electron chi connectivity index (χ2n) is 2.86. The number of fused-ring (bicyclic) bond motifs is 2. The Hall–Kier alpha value is -2.24. The molecule has 0 bridgehead atoms. The molecule has 0 radical (unpaired) electrons. The predicted molar refractivity (Wildman–Crippen MR) is 45.7 cm³/mol. The Balaban J connectivity index is 2.52. The van der Waals surface area contributed by atoms with E-state index in [-0.39, 0.29) is 0 Å². The third-order valence-corrected chi connectivity index (χ3v) is 2.00. The summed E-state index contributed by atoms with van der Waals surface area (Å²) in [6.45, 7) is 0. The van der Waals surface area contributed by atoms with Crippen molar-refractivity contribution in [1.29, 1.82) is 0 Å². The zero-order valence-electron chi connectivity index (χ0n) is 7.10. The number of nitrogens with one attached hydrogen (secondary N) is 2. The van der Waals surface area contributed by atoms with Gasteiger partial charge in [-0.15, -0.1) is 0 Å². The van der Waals surface area contributed by atoms with Gasteiger partial charge in [0.1, 0.15) is 0 Å².